The van der Waals surface area contributed by atoms with Crippen molar-refractivity contribution in [3.05, 3.63) is 0 Å². The summed E-state index contributed by atoms with van der Waals surface area (Å²) < 4.78 is 0. The summed E-state index contributed by atoms with van der Waals surface area (Å²) in [5.41, 5.74) is 0.520. The van der Waals surface area contributed by atoms with Gasteiger partial charge >= 0.3 is 0 Å². The van der Waals surface area contributed by atoms with Crippen LogP contribution in [-0.4, -0.2) is 36.6 Å². The van der Waals surface area contributed by atoms with Gasteiger partial charge < -0.3 is 10.2 Å². The molecular formula is C12H24N2. The summed E-state index contributed by atoms with van der Waals surface area (Å²) >= 11 is 0. The van der Waals surface area contributed by atoms with Gasteiger partial charge in [0.05, 0.1) is 0 Å². The number of unbranched alkanes of at least 4 members (excludes halogenated alkanes) is 1. The molecule has 0 radical (unpaired) electrons. The normalized spacial score (nSPS) is 27.2. The van der Waals surface area contributed by atoms with Crippen LogP contribution in [0, 0.1) is 0 Å². The highest BCUT2D eigenvalue weighted by Crippen LogP contribution is 2.31. The average molecular weight is 196 g/mol. The summed E-state index contributed by atoms with van der Waals surface area (Å²) in [6.45, 7) is 7.39. The molecule has 0 atom stereocenters. The molecular weight excluding hydrogens is 172 g/mol. The van der Waals surface area contributed by atoms with Crippen molar-refractivity contribution < 1.29 is 0 Å². The van der Waals surface area contributed by atoms with Crippen LogP contribution >= 0.6 is 0 Å². The van der Waals surface area contributed by atoms with Gasteiger partial charge in [-0.3, -0.25) is 0 Å². The molecule has 0 unspecified atom stereocenters. The van der Waals surface area contributed by atoms with E-state index in [0.717, 1.165) is 0 Å². The van der Waals surface area contributed by atoms with Crippen LogP contribution in [0.5, 0.6) is 0 Å². The van der Waals surface area contributed by atoms with Crippen LogP contribution in [-0.2, 0) is 0 Å². The fourth-order valence-corrected chi connectivity index (χ4v) is 3.00. The Hall–Kier alpha value is -0.0800. The summed E-state index contributed by atoms with van der Waals surface area (Å²) in [6, 6.07) is 0. The molecule has 0 bridgehead atoms. The maximum atomic E-state index is 3.76. The van der Waals surface area contributed by atoms with E-state index < -0.39 is 0 Å². The molecule has 0 amide bonds. The van der Waals surface area contributed by atoms with Gasteiger partial charge in [0, 0.05) is 25.2 Å². The molecule has 2 rings (SSSR count). The van der Waals surface area contributed by atoms with Gasteiger partial charge in [0.2, 0.25) is 0 Å². The van der Waals surface area contributed by atoms with Crippen molar-refractivity contribution in [2.24, 2.45) is 0 Å². The zero-order valence-electron chi connectivity index (χ0n) is 9.52. The Bertz CT molecular complexity index is 173. The van der Waals surface area contributed by atoms with E-state index in [1.165, 1.54) is 64.7 Å². The molecule has 0 aromatic rings. The molecule has 1 saturated carbocycles. The quantitative estimate of drug-likeness (QED) is 0.743. The van der Waals surface area contributed by atoms with Gasteiger partial charge in [0.1, 0.15) is 0 Å². The summed E-state index contributed by atoms with van der Waals surface area (Å²) in [6.07, 6.45) is 8.40. The number of nitrogens with zero attached hydrogens (tertiary/aromatic N) is 1. The highest BCUT2D eigenvalue weighted by Gasteiger charge is 2.37. The highest BCUT2D eigenvalue weighted by atomic mass is 15.2. The molecule has 1 heterocycles. The monoisotopic (exact) mass is 196 g/mol. The van der Waals surface area contributed by atoms with E-state index >= 15 is 0 Å². The van der Waals surface area contributed by atoms with Crippen molar-refractivity contribution >= 4 is 0 Å². The Kier molecular flexibility index (Phi) is 3.45. The van der Waals surface area contributed by atoms with E-state index in [0.29, 0.717) is 5.54 Å². The van der Waals surface area contributed by atoms with E-state index in [1.807, 2.05) is 0 Å². The van der Waals surface area contributed by atoms with Gasteiger partial charge in [0.25, 0.3) is 0 Å². The third-order valence-electron chi connectivity index (χ3n) is 3.84. The van der Waals surface area contributed by atoms with Crippen molar-refractivity contribution in [2.45, 2.75) is 51.0 Å². The minimum Gasteiger partial charge on any atom is -0.309 e. The molecule has 2 nitrogen and oxygen atoms in total. The molecule has 14 heavy (non-hydrogen) atoms. The second-order valence-electron chi connectivity index (χ2n) is 5.04. The molecule has 0 aromatic heterocycles. The second-order valence-corrected chi connectivity index (χ2v) is 5.04. The predicted molar refractivity (Wildman–Crippen MR) is 60.5 cm³/mol. The molecule has 1 N–H and O–H groups in total. The SMILES string of the molecule is CCCCN1CCNC2(CCCC2)C1. The fourth-order valence-electron chi connectivity index (χ4n) is 3.00. The summed E-state index contributed by atoms with van der Waals surface area (Å²) in [5.74, 6) is 0. The predicted octanol–water partition coefficient (Wildman–Crippen LogP) is 2.00. The lowest BCUT2D eigenvalue weighted by molar-refractivity contribution is 0.133. The van der Waals surface area contributed by atoms with Crippen molar-refractivity contribution in [2.75, 3.05) is 26.2 Å². The minimum absolute atomic E-state index is 0.520. The van der Waals surface area contributed by atoms with Gasteiger partial charge in [-0.2, -0.15) is 0 Å². The number of piperazine rings is 1. The smallest absolute Gasteiger partial charge is 0.0309 e. The molecule has 2 heteroatoms. The molecule has 82 valence electrons. The molecule has 2 aliphatic rings. The van der Waals surface area contributed by atoms with Crippen LogP contribution < -0.4 is 5.32 Å². The topological polar surface area (TPSA) is 15.3 Å². The van der Waals surface area contributed by atoms with Crippen molar-refractivity contribution in [1.82, 2.24) is 10.2 Å². The van der Waals surface area contributed by atoms with Gasteiger partial charge in [-0.25, -0.2) is 0 Å². The Balaban J connectivity index is 1.83. The van der Waals surface area contributed by atoms with Gasteiger partial charge in [-0.15, -0.1) is 0 Å². The van der Waals surface area contributed by atoms with Crippen molar-refractivity contribution in [3.63, 3.8) is 0 Å². The van der Waals surface area contributed by atoms with Gasteiger partial charge in [-0.05, 0) is 25.8 Å². The minimum atomic E-state index is 0.520. The first-order valence-corrected chi connectivity index (χ1v) is 6.32. The van der Waals surface area contributed by atoms with E-state index in [4.69, 9.17) is 0 Å². The number of nitrogens with one attached hydrogen (secondary N) is 1. The Morgan fingerprint density at radius 1 is 1.29 bits per heavy atom. The zero-order chi connectivity index (χ0) is 9.86. The Labute approximate surface area is 88.1 Å². The van der Waals surface area contributed by atoms with Crippen LogP contribution in [0.15, 0.2) is 0 Å². The second kappa shape index (κ2) is 4.63. The fraction of sp³-hybridized carbons (Fsp3) is 1.00. The average Bonchev–Trinajstić information content (AvgIpc) is 2.63. The molecule has 2 fully saturated rings. The van der Waals surface area contributed by atoms with E-state index in [1.54, 1.807) is 0 Å². The maximum Gasteiger partial charge on any atom is 0.0309 e. The third kappa shape index (κ3) is 2.29. The number of rotatable bonds is 3. The summed E-state index contributed by atoms with van der Waals surface area (Å²) in [7, 11) is 0. The number of hydrogen-bond acceptors (Lipinski definition) is 2. The Morgan fingerprint density at radius 2 is 2.07 bits per heavy atom. The zero-order valence-corrected chi connectivity index (χ0v) is 9.52. The first-order valence-electron chi connectivity index (χ1n) is 6.32. The van der Waals surface area contributed by atoms with Gasteiger partial charge in [0.15, 0.2) is 0 Å². The molecule has 1 saturated heterocycles. The maximum absolute atomic E-state index is 3.76. The lowest BCUT2D eigenvalue weighted by Gasteiger charge is -2.41. The van der Waals surface area contributed by atoms with Gasteiger partial charge in [-0.1, -0.05) is 26.2 Å². The summed E-state index contributed by atoms with van der Waals surface area (Å²) in [5, 5.41) is 3.76. The Morgan fingerprint density at radius 3 is 2.79 bits per heavy atom. The first kappa shape index (κ1) is 10.4. The molecule has 1 aliphatic carbocycles. The molecule has 0 aromatic carbocycles. The van der Waals surface area contributed by atoms with E-state index in [9.17, 15) is 0 Å². The first-order chi connectivity index (χ1) is 6.85. The lowest BCUT2D eigenvalue weighted by atomic mass is 9.94. The van der Waals surface area contributed by atoms with Crippen LogP contribution in [0.25, 0.3) is 0 Å². The molecule has 1 aliphatic heterocycles. The third-order valence-corrected chi connectivity index (χ3v) is 3.84. The highest BCUT2D eigenvalue weighted by molar-refractivity contribution is 4.97. The van der Waals surface area contributed by atoms with Crippen molar-refractivity contribution in [3.8, 4) is 0 Å². The lowest BCUT2D eigenvalue weighted by Crippen LogP contribution is -2.59. The van der Waals surface area contributed by atoms with E-state index in [2.05, 4.69) is 17.1 Å². The van der Waals surface area contributed by atoms with Crippen LogP contribution in [0.3, 0.4) is 0 Å². The van der Waals surface area contributed by atoms with Crippen molar-refractivity contribution in [1.29, 1.82) is 0 Å². The standard InChI is InChI=1S/C12H24N2/c1-2-3-9-14-10-8-13-12(11-14)6-4-5-7-12/h13H,2-11H2,1H3. The summed E-state index contributed by atoms with van der Waals surface area (Å²) in [4.78, 5) is 2.67. The number of hydrogen-bond donors (Lipinski definition) is 1. The van der Waals surface area contributed by atoms with Crippen LogP contribution in [0.4, 0.5) is 0 Å². The van der Waals surface area contributed by atoms with Crippen LogP contribution in [0.2, 0.25) is 0 Å². The van der Waals surface area contributed by atoms with Crippen LogP contribution in [0.1, 0.15) is 45.4 Å². The van der Waals surface area contributed by atoms with E-state index in [-0.39, 0.29) is 0 Å². The largest absolute Gasteiger partial charge is 0.309 e. The molecule has 1 spiro atoms.